The molecule has 11 heteroatoms. The Kier molecular flexibility index (Phi) is 5.81. The van der Waals surface area contributed by atoms with Gasteiger partial charge in [-0.15, -0.1) is 0 Å². The van der Waals surface area contributed by atoms with Crippen LogP contribution in [0.2, 0.25) is 5.02 Å². The Bertz CT molecular complexity index is 1220. The third-order valence-electron chi connectivity index (χ3n) is 3.55. The number of sulfonamides is 1. The first kappa shape index (κ1) is 20.3. The summed E-state index contributed by atoms with van der Waals surface area (Å²) in [6.45, 7) is 0. The van der Waals surface area contributed by atoms with Gasteiger partial charge >= 0.3 is 0 Å². The van der Waals surface area contributed by atoms with E-state index in [0.717, 1.165) is 0 Å². The van der Waals surface area contributed by atoms with Gasteiger partial charge < -0.3 is 10.5 Å². The van der Waals surface area contributed by atoms with Gasteiger partial charge in [0.05, 0.1) is 18.2 Å². The number of hydrogen-bond acceptors (Lipinski definition) is 7. The maximum atomic E-state index is 14.7. The fourth-order valence-corrected chi connectivity index (χ4v) is 3.64. The van der Waals surface area contributed by atoms with E-state index in [2.05, 4.69) is 31.5 Å². The lowest BCUT2D eigenvalue weighted by molar-refractivity contribution is 0.403. The Morgan fingerprint density at radius 3 is 2.59 bits per heavy atom. The molecule has 0 spiro atoms. The van der Waals surface area contributed by atoms with Crippen LogP contribution in [0.15, 0.2) is 47.8 Å². The molecule has 0 radical (unpaired) electrons. The standard InChI is InChI=1S/C18H13ClFN5O3S/c1-28-14-5-4-13(19)8-15(14)29(26,27)25-17-16(20)12(6-7-22-17)3-2-11-9-23-18(21)24-10-11/h4-10H,1H3,(H,22,25)(H2,21,23,24). The number of methoxy groups -OCH3 is 1. The number of anilines is 2. The van der Waals surface area contributed by atoms with E-state index in [1.165, 1.54) is 50.0 Å². The molecule has 0 aliphatic heterocycles. The fourth-order valence-electron chi connectivity index (χ4n) is 2.20. The van der Waals surface area contributed by atoms with E-state index in [9.17, 15) is 12.8 Å². The molecule has 0 aliphatic carbocycles. The number of benzene rings is 1. The van der Waals surface area contributed by atoms with Gasteiger partial charge in [-0.1, -0.05) is 23.4 Å². The quantitative estimate of drug-likeness (QED) is 0.606. The highest BCUT2D eigenvalue weighted by atomic mass is 35.5. The second kappa shape index (κ2) is 8.30. The molecule has 3 N–H and O–H groups in total. The predicted octanol–water partition coefficient (Wildman–Crippen LogP) is 2.46. The summed E-state index contributed by atoms with van der Waals surface area (Å²) in [6.07, 6.45) is 3.98. The van der Waals surface area contributed by atoms with Crippen LogP contribution in [-0.2, 0) is 10.0 Å². The average molecular weight is 434 g/mol. The fraction of sp³-hybridized carbons (Fsp3) is 0.0556. The van der Waals surface area contributed by atoms with Crippen molar-refractivity contribution in [3.05, 3.63) is 64.8 Å². The average Bonchev–Trinajstić information content (AvgIpc) is 2.70. The Balaban J connectivity index is 1.94. The summed E-state index contributed by atoms with van der Waals surface area (Å²) in [5, 5.41) is 0.171. The molecule has 148 valence electrons. The van der Waals surface area contributed by atoms with Crippen LogP contribution in [-0.4, -0.2) is 30.5 Å². The summed E-state index contributed by atoms with van der Waals surface area (Å²) in [7, 11) is -2.93. The number of hydrogen-bond donors (Lipinski definition) is 2. The Hall–Kier alpha value is -3.42. The number of halogens is 2. The van der Waals surface area contributed by atoms with E-state index in [4.69, 9.17) is 22.1 Å². The number of nitrogens with one attached hydrogen (secondary N) is 1. The molecule has 0 amide bonds. The van der Waals surface area contributed by atoms with Gasteiger partial charge in [0.1, 0.15) is 10.6 Å². The number of nitrogens with zero attached hydrogens (tertiary/aromatic N) is 3. The lowest BCUT2D eigenvalue weighted by Crippen LogP contribution is -2.16. The largest absolute Gasteiger partial charge is 0.495 e. The molecular formula is C18H13ClFN5O3S. The molecule has 29 heavy (non-hydrogen) atoms. The number of ether oxygens (including phenoxy) is 1. The lowest BCUT2D eigenvalue weighted by atomic mass is 10.2. The highest BCUT2D eigenvalue weighted by Crippen LogP contribution is 2.29. The van der Waals surface area contributed by atoms with Gasteiger partial charge in [0.2, 0.25) is 5.95 Å². The minimum Gasteiger partial charge on any atom is -0.495 e. The summed E-state index contributed by atoms with van der Waals surface area (Å²) in [6, 6.07) is 5.34. The van der Waals surface area contributed by atoms with E-state index >= 15 is 0 Å². The number of nitrogens with two attached hydrogens (primary N) is 1. The van der Waals surface area contributed by atoms with Crippen molar-refractivity contribution in [2.75, 3.05) is 17.6 Å². The van der Waals surface area contributed by atoms with Gasteiger partial charge in [-0.25, -0.2) is 27.8 Å². The second-order valence-corrected chi connectivity index (χ2v) is 7.59. The van der Waals surface area contributed by atoms with Gasteiger partial charge in [0, 0.05) is 23.6 Å². The molecule has 0 bridgehead atoms. The molecular weight excluding hydrogens is 421 g/mol. The highest BCUT2D eigenvalue weighted by molar-refractivity contribution is 7.92. The molecule has 0 saturated carbocycles. The monoisotopic (exact) mass is 433 g/mol. The highest BCUT2D eigenvalue weighted by Gasteiger charge is 2.23. The SMILES string of the molecule is COc1ccc(Cl)cc1S(=O)(=O)Nc1nccc(C#Cc2cnc(N)nc2)c1F. The number of aromatic nitrogens is 3. The molecule has 1 aromatic carbocycles. The topological polar surface area (TPSA) is 120 Å². The minimum atomic E-state index is -4.23. The van der Waals surface area contributed by atoms with Gasteiger partial charge in [-0.3, -0.25) is 4.72 Å². The third kappa shape index (κ3) is 4.71. The van der Waals surface area contributed by atoms with E-state index in [1.54, 1.807) is 0 Å². The van der Waals surface area contributed by atoms with E-state index in [0.29, 0.717) is 5.56 Å². The molecule has 8 nitrogen and oxygen atoms in total. The van der Waals surface area contributed by atoms with Crippen LogP contribution in [0.4, 0.5) is 16.2 Å². The molecule has 3 aromatic rings. The summed E-state index contributed by atoms with van der Waals surface area (Å²) in [5.41, 5.74) is 5.72. The van der Waals surface area contributed by atoms with Crippen LogP contribution < -0.4 is 15.2 Å². The van der Waals surface area contributed by atoms with Gasteiger partial charge in [0.15, 0.2) is 11.6 Å². The molecule has 0 atom stereocenters. The molecule has 0 fully saturated rings. The molecule has 0 unspecified atom stereocenters. The van der Waals surface area contributed by atoms with Crippen LogP contribution in [0.3, 0.4) is 0 Å². The van der Waals surface area contributed by atoms with E-state index < -0.39 is 21.7 Å². The maximum absolute atomic E-state index is 14.7. The van der Waals surface area contributed by atoms with Crippen molar-refractivity contribution >= 4 is 33.4 Å². The number of pyridine rings is 1. The Morgan fingerprint density at radius 2 is 1.90 bits per heavy atom. The minimum absolute atomic E-state index is 0.0432. The van der Waals surface area contributed by atoms with Crippen molar-refractivity contribution < 1.29 is 17.5 Å². The summed E-state index contributed by atoms with van der Waals surface area (Å²) in [5.74, 6) is 3.90. The Morgan fingerprint density at radius 1 is 1.17 bits per heavy atom. The summed E-state index contributed by atoms with van der Waals surface area (Å²) < 4.78 is 47.3. The van der Waals surface area contributed by atoms with Crippen molar-refractivity contribution in [1.29, 1.82) is 0 Å². The van der Waals surface area contributed by atoms with Crippen molar-refractivity contribution in [1.82, 2.24) is 15.0 Å². The zero-order chi connectivity index (χ0) is 21.0. The molecule has 2 aromatic heterocycles. The molecule has 0 aliphatic rings. The molecule has 2 heterocycles. The van der Waals surface area contributed by atoms with Crippen LogP contribution >= 0.6 is 11.6 Å². The van der Waals surface area contributed by atoms with Crippen LogP contribution in [0.1, 0.15) is 11.1 Å². The first-order valence-corrected chi connectivity index (χ1v) is 9.76. The van der Waals surface area contributed by atoms with Gasteiger partial charge in [0.25, 0.3) is 10.0 Å². The maximum Gasteiger partial charge on any atom is 0.266 e. The zero-order valence-corrected chi connectivity index (χ0v) is 16.4. The van der Waals surface area contributed by atoms with Crippen molar-refractivity contribution in [3.63, 3.8) is 0 Å². The number of nitrogen functional groups attached to an aromatic ring is 1. The first-order chi connectivity index (χ1) is 13.8. The van der Waals surface area contributed by atoms with Crippen LogP contribution in [0, 0.1) is 17.7 Å². The lowest BCUT2D eigenvalue weighted by Gasteiger charge is -2.12. The van der Waals surface area contributed by atoms with Crippen LogP contribution in [0.25, 0.3) is 0 Å². The van der Waals surface area contributed by atoms with E-state index in [-0.39, 0.29) is 27.2 Å². The van der Waals surface area contributed by atoms with Crippen molar-refractivity contribution in [3.8, 4) is 17.6 Å². The Labute approximate surface area is 171 Å². The van der Waals surface area contributed by atoms with Gasteiger partial charge in [-0.05, 0) is 24.3 Å². The second-order valence-electron chi connectivity index (χ2n) is 5.50. The van der Waals surface area contributed by atoms with Crippen LogP contribution in [0.5, 0.6) is 5.75 Å². The normalized spacial score (nSPS) is 10.7. The molecule has 0 saturated heterocycles. The van der Waals surface area contributed by atoms with E-state index in [1.807, 2.05) is 0 Å². The predicted molar refractivity (Wildman–Crippen MR) is 105 cm³/mol. The molecule has 3 rings (SSSR count). The van der Waals surface area contributed by atoms with Gasteiger partial charge in [-0.2, -0.15) is 0 Å². The van der Waals surface area contributed by atoms with Crippen molar-refractivity contribution in [2.45, 2.75) is 4.90 Å². The zero-order valence-electron chi connectivity index (χ0n) is 14.8. The summed E-state index contributed by atoms with van der Waals surface area (Å²) in [4.78, 5) is 11.0. The third-order valence-corrected chi connectivity index (χ3v) is 5.14. The smallest absolute Gasteiger partial charge is 0.266 e. The summed E-state index contributed by atoms with van der Waals surface area (Å²) >= 11 is 5.87. The van der Waals surface area contributed by atoms with Crippen molar-refractivity contribution in [2.24, 2.45) is 0 Å². The first-order valence-electron chi connectivity index (χ1n) is 7.90. The number of rotatable bonds is 4.